The Labute approximate surface area is 193 Å². The molecule has 0 fully saturated rings. The van der Waals surface area contributed by atoms with Crippen molar-refractivity contribution in [3.63, 3.8) is 0 Å². The van der Waals surface area contributed by atoms with Gasteiger partial charge in [0.05, 0.1) is 25.3 Å². The van der Waals surface area contributed by atoms with E-state index in [1.54, 1.807) is 19.2 Å². The van der Waals surface area contributed by atoms with Crippen LogP contribution in [-0.4, -0.2) is 24.7 Å². The summed E-state index contributed by atoms with van der Waals surface area (Å²) in [6, 6.07) is 12.7. The number of halogens is 1. The molecule has 1 aliphatic heterocycles. The van der Waals surface area contributed by atoms with E-state index in [1.165, 1.54) is 0 Å². The van der Waals surface area contributed by atoms with Gasteiger partial charge in [0.1, 0.15) is 0 Å². The van der Waals surface area contributed by atoms with Crippen molar-refractivity contribution in [2.75, 3.05) is 13.7 Å². The van der Waals surface area contributed by atoms with Gasteiger partial charge in [0.15, 0.2) is 16.6 Å². The maximum atomic E-state index is 13.2. The summed E-state index contributed by atoms with van der Waals surface area (Å²) in [7, 11) is 1.56. The SMILES string of the molecule is CCCOc1c(OC)cc(Cl)cc1[C@H]1NC(=S)NC(C)=C1C(=O)NCc1ccccc1. The molecule has 2 aromatic rings. The van der Waals surface area contributed by atoms with Crippen LogP contribution in [0, 0.1) is 0 Å². The zero-order chi connectivity index (χ0) is 22.4. The van der Waals surface area contributed by atoms with Crippen LogP contribution in [0.3, 0.4) is 0 Å². The van der Waals surface area contributed by atoms with Crippen molar-refractivity contribution >= 4 is 34.8 Å². The van der Waals surface area contributed by atoms with Crippen molar-refractivity contribution in [1.29, 1.82) is 0 Å². The first-order chi connectivity index (χ1) is 14.9. The number of thiocarbonyl (C=S) groups is 1. The summed E-state index contributed by atoms with van der Waals surface area (Å²) in [5.41, 5.74) is 2.87. The zero-order valence-corrected chi connectivity index (χ0v) is 19.3. The average Bonchev–Trinajstić information content (AvgIpc) is 2.76. The van der Waals surface area contributed by atoms with Crippen LogP contribution < -0.4 is 25.4 Å². The number of carbonyl (C=O) groups excluding carboxylic acids is 1. The molecule has 1 heterocycles. The van der Waals surface area contributed by atoms with Gasteiger partial charge in [-0.15, -0.1) is 0 Å². The number of hydrogen-bond acceptors (Lipinski definition) is 4. The monoisotopic (exact) mass is 459 g/mol. The molecule has 0 unspecified atom stereocenters. The van der Waals surface area contributed by atoms with Crippen molar-refractivity contribution in [3.8, 4) is 11.5 Å². The minimum Gasteiger partial charge on any atom is -0.493 e. The maximum Gasteiger partial charge on any atom is 0.251 e. The molecule has 0 aromatic heterocycles. The summed E-state index contributed by atoms with van der Waals surface area (Å²) in [5.74, 6) is 0.829. The second kappa shape index (κ2) is 10.5. The third-order valence-corrected chi connectivity index (χ3v) is 5.28. The predicted octanol–water partition coefficient (Wildman–Crippen LogP) is 4.25. The highest BCUT2D eigenvalue weighted by atomic mass is 35.5. The number of benzene rings is 2. The Morgan fingerprint density at radius 2 is 2.00 bits per heavy atom. The van der Waals surface area contributed by atoms with E-state index in [2.05, 4.69) is 16.0 Å². The summed E-state index contributed by atoms with van der Waals surface area (Å²) >= 11 is 11.7. The fraction of sp³-hybridized carbons (Fsp3) is 0.304. The van der Waals surface area contributed by atoms with Gasteiger partial charge < -0.3 is 25.4 Å². The molecule has 0 bridgehead atoms. The standard InChI is InChI=1S/C23H26ClN3O3S/c1-4-10-30-21-17(11-16(24)12-18(21)29-3)20-19(14(2)26-23(31)27-20)22(28)25-13-15-8-6-5-7-9-15/h5-9,11-12,20H,4,10,13H2,1-3H3,(H,25,28)(H2,26,27,31)/t20-/m1/s1. The van der Waals surface area contributed by atoms with E-state index < -0.39 is 6.04 Å². The summed E-state index contributed by atoms with van der Waals surface area (Å²) in [6.07, 6.45) is 0.822. The van der Waals surface area contributed by atoms with Crippen LogP contribution in [0.15, 0.2) is 53.7 Å². The normalized spacial score (nSPS) is 15.7. The number of ether oxygens (including phenoxy) is 2. The van der Waals surface area contributed by atoms with E-state index in [-0.39, 0.29) is 5.91 Å². The van der Waals surface area contributed by atoms with E-state index >= 15 is 0 Å². The van der Waals surface area contributed by atoms with Gasteiger partial charge in [0.2, 0.25) is 0 Å². The molecule has 8 heteroatoms. The lowest BCUT2D eigenvalue weighted by Gasteiger charge is -2.31. The third-order valence-electron chi connectivity index (χ3n) is 4.84. The summed E-state index contributed by atoms with van der Waals surface area (Å²) in [4.78, 5) is 13.2. The number of amides is 1. The molecular formula is C23H26ClN3O3S. The number of carbonyl (C=O) groups is 1. The molecule has 31 heavy (non-hydrogen) atoms. The van der Waals surface area contributed by atoms with Gasteiger partial charge in [-0.3, -0.25) is 4.79 Å². The highest BCUT2D eigenvalue weighted by molar-refractivity contribution is 7.80. The van der Waals surface area contributed by atoms with Crippen LogP contribution in [0.5, 0.6) is 11.5 Å². The van der Waals surface area contributed by atoms with E-state index in [1.807, 2.05) is 44.2 Å². The van der Waals surface area contributed by atoms with Crippen LogP contribution in [0.2, 0.25) is 5.02 Å². The van der Waals surface area contributed by atoms with Gasteiger partial charge in [-0.25, -0.2) is 0 Å². The first-order valence-electron chi connectivity index (χ1n) is 10.0. The molecule has 6 nitrogen and oxygen atoms in total. The van der Waals surface area contributed by atoms with Gasteiger partial charge >= 0.3 is 0 Å². The molecular weight excluding hydrogens is 434 g/mol. The number of nitrogens with one attached hydrogen (secondary N) is 3. The molecule has 0 saturated heterocycles. The quantitative estimate of drug-likeness (QED) is 0.513. The van der Waals surface area contributed by atoms with E-state index in [0.717, 1.165) is 12.0 Å². The average molecular weight is 460 g/mol. The topological polar surface area (TPSA) is 71.6 Å². The molecule has 3 rings (SSSR count). The highest BCUT2D eigenvalue weighted by Crippen LogP contribution is 2.41. The zero-order valence-electron chi connectivity index (χ0n) is 17.8. The minimum atomic E-state index is -0.552. The Balaban J connectivity index is 1.99. The highest BCUT2D eigenvalue weighted by Gasteiger charge is 2.33. The van der Waals surface area contributed by atoms with E-state index in [4.69, 9.17) is 33.3 Å². The van der Waals surface area contributed by atoms with E-state index in [9.17, 15) is 4.79 Å². The number of methoxy groups -OCH3 is 1. The number of hydrogen-bond donors (Lipinski definition) is 3. The van der Waals surface area contributed by atoms with Crippen LogP contribution in [0.4, 0.5) is 0 Å². The van der Waals surface area contributed by atoms with E-state index in [0.29, 0.717) is 51.6 Å². The Morgan fingerprint density at radius 1 is 1.26 bits per heavy atom. The molecule has 1 atom stereocenters. The molecule has 1 amide bonds. The first-order valence-corrected chi connectivity index (χ1v) is 10.8. The number of rotatable bonds is 8. The smallest absolute Gasteiger partial charge is 0.251 e. The second-order valence-electron chi connectivity index (χ2n) is 7.11. The Morgan fingerprint density at radius 3 is 2.68 bits per heavy atom. The van der Waals surface area contributed by atoms with Gasteiger partial charge in [-0.05, 0) is 37.2 Å². The Bertz CT molecular complexity index is 995. The fourth-order valence-electron chi connectivity index (χ4n) is 3.42. The van der Waals surface area contributed by atoms with Crippen molar-refractivity contribution in [3.05, 3.63) is 69.9 Å². The van der Waals surface area contributed by atoms with Crippen molar-refractivity contribution in [2.24, 2.45) is 0 Å². The van der Waals surface area contributed by atoms with Gasteiger partial charge in [0.25, 0.3) is 5.91 Å². The molecule has 0 spiro atoms. The summed E-state index contributed by atoms with van der Waals surface area (Å²) in [5, 5.41) is 10.1. The van der Waals surface area contributed by atoms with Crippen LogP contribution in [0.1, 0.15) is 37.4 Å². The molecule has 0 saturated carbocycles. The van der Waals surface area contributed by atoms with Crippen molar-refractivity contribution < 1.29 is 14.3 Å². The Kier molecular flexibility index (Phi) is 7.76. The largest absolute Gasteiger partial charge is 0.493 e. The predicted molar refractivity (Wildman–Crippen MR) is 126 cm³/mol. The van der Waals surface area contributed by atoms with Crippen molar-refractivity contribution in [1.82, 2.24) is 16.0 Å². The summed E-state index contributed by atoms with van der Waals surface area (Å²) in [6.45, 7) is 4.75. The van der Waals surface area contributed by atoms with Crippen LogP contribution >= 0.6 is 23.8 Å². The van der Waals surface area contributed by atoms with Gasteiger partial charge in [0, 0.05) is 28.9 Å². The lowest BCUT2D eigenvalue weighted by atomic mass is 9.93. The minimum absolute atomic E-state index is 0.214. The Hall–Kier alpha value is -2.77. The lowest BCUT2D eigenvalue weighted by molar-refractivity contribution is -0.118. The van der Waals surface area contributed by atoms with Gasteiger partial charge in [-0.1, -0.05) is 48.9 Å². The second-order valence-corrected chi connectivity index (χ2v) is 7.96. The first kappa shape index (κ1) is 22.9. The molecule has 1 aliphatic rings. The molecule has 0 radical (unpaired) electrons. The molecule has 2 aromatic carbocycles. The molecule has 3 N–H and O–H groups in total. The molecule has 0 aliphatic carbocycles. The summed E-state index contributed by atoms with van der Waals surface area (Å²) < 4.78 is 11.5. The number of allylic oxidation sites excluding steroid dienone is 1. The van der Waals surface area contributed by atoms with Gasteiger partial charge in [-0.2, -0.15) is 0 Å². The third kappa shape index (κ3) is 5.48. The van der Waals surface area contributed by atoms with Crippen LogP contribution in [0.25, 0.3) is 0 Å². The van der Waals surface area contributed by atoms with Crippen molar-refractivity contribution in [2.45, 2.75) is 32.9 Å². The lowest BCUT2D eigenvalue weighted by Crippen LogP contribution is -2.46. The van der Waals surface area contributed by atoms with Crippen LogP contribution in [-0.2, 0) is 11.3 Å². The maximum absolute atomic E-state index is 13.2. The molecule has 164 valence electrons. The fourth-order valence-corrected chi connectivity index (χ4v) is 3.90.